The van der Waals surface area contributed by atoms with Crippen molar-refractivity contribution in [3.8, 4) is 0 Å². The fraction of sp³-hybridized carbons (Fsp3) is 0.200. The fourth-order valence-corrected chi connectivity index (χ4v) is 2.05. The molecule has 20 heavy (non-hydrogen) atoms. The average molecular weight is 290 g/mol. The summed E-state index contributed by atoms with van der Waals surface area (Å²) in [7, 11) is 3.71. The molecule has 1 heterocycles. The summed E-state index contributed by atoms with van der Waals surface area (Å²) in [6.45, 7) is 0.389. The summed E-state index contributed by atoms with van der Waals surface area (Å²) >= 11 is 6.06. The number of hydrogen-bond acceptors (Lipinski definition) is 3. The molecule has 1 aromatic carbocycles. The van der Waals surface area contributed by atoms with E-state index in [1.165, 1.54) is 0 Å². The summed E-state index contributed by atoms with van der Waals surface area (Å²) in [6, 6.07) is 10.9. The highest BCUT2D eigenvalue weighted by Crippen LogP contribution is 2.16. The molecule has 1 amide bonds. The van der Waals surface area contributed by atoms with Crippen LogP contribution in [0, 0.1) is 0 Å². The summed E-state index contributed by atoms with van der Waals surface area (Å²) in [5, 5.41) is 3.51. The molecule has 2 aromatic rings. The van der Waals surface area contributed by atoms with E-state index in [2.05, 4.69) is 10.3 Å². The van der Waals surface area contributed by atoms with E-state index < -0.39 is 0 Å². The average Bonchev–Trinajstić information content (AvgIpc) is 2.46. The molecule has 104 valence electrons. The van der Waals surface area contributed by atoms with E-state index in [4.69, 9.17) is 11.6 Å². The molecule has 1 N–H and O–H groups in total. The van der Waals surface area contributed by atoms with Crippen molar-refractivity contribution in [3.05, 3.63) is 58.7 Å². The Morgan fingerprint density at radius 1 is 1.25 bits per heavy atom. The van der Waals surface area contributed by atoms with Crippen LogP contribution in [0.15, 0.2) is 42.6 Å². The van der Waals surface area contributed by atoms with Crippen LogP contribution in [0.3, 0.4) is 0 Å². The maximum absolute atomic E-state index is 12.2. The van der Waals surface area contributed by atoms with Gasteiger partial charge in [-0.2, -0.15) is 0 Å². The number of halogens is 1. The Bertz CT molecular complexity index is 614. The van der Waals surface area contributed by atoms with E-state index in [0.717, 1.165) is 5.56 Å². The van der Waals surface area contributed by atoms with Crippen LogP contribution in [0.1, 0.15) is 15.9 Å². The second-order valence-electron chi connectivity index (χ2n) is 4.54. The molecular weight excluding hydrogens is 274 g/mol. The van der Waals surface area contributed by atoms with Gasteiger partial charge < -0.3 is 10.2 Å². The van der Waals surface area contributed by atoms with Gasteiger partial charge in [-0.3, -0.25) is 4.79 Å². The third kappa shape index (κ3) is 3.27. The maximum Gasteiger partial charge on any atom is 0.255 e. The number of nitrogens with zero attached hydrogens (tertiary/aromatic N) is 2. The molecule has 0 aliphatic heterocycles. The van der Waals surface area contributed by atoms with Gasteiger partial charge in [0.2, 0.25) is 0 Å². The molecule has 1 aromatic heterocycles. The molecule has 0 aliphatic carbocycles. The number of amides is 1. The van der Waals surface area contributed by atoms with Crippen LogP contribution in [-0.4, -0.2) is 25.0 Å². The standard InChI is InChI=1S/C15H16ClN3O/c1-19(2)14-12(7-5-9-17-14)15(20)18-10-11-6-3-4-8-13(11)16/h3-9H,10H2,1-2H3,(H,18,20). The van der Waals surface area contributed by atoms with Crippen LogP contribution in [0.2, 0.25) is 5.02 Å². The molecule has 0 radical (unpaired) electrons. The highest BCUT2D eigenvalue weighted by Gasteiger charge is 2.13. The monoisotopic (exact) mass is 289 g/mol. The minimum atomic E-state index is -0.165. The molecular formula is C15H16ClN3O. The Hall–Kier alpha value is -2.07. The van der Waals surface area contributed by atoms with Crippen molar-refractivity contribution in [1.29, 1.82) is 0 Å². The fourth-order valence-electron chi connectivity index (χ4n) is 1.84. The summed E-state index contributed by atoms with van der Waals surface area (Å²) < 4.78 is 0. The van der Waals surface area contributed by atoms with Crippen molar-refractivity contribution in [1.82, 2.24) is 10.3 Å². The van der Waals surface area contributed by atoms with Crippen LogP contribution in [0.25, 0.3) is 0 Å². The van der Waals surface area contributed by atoms with Crippen molar-refractivity contribution in [3.63, 3.8) is 0 Å². The Morgan fingerprint density at radius 3 is 2.70 bits per heavy atom. The SMILES string of the molecule is CN(C)c1ncccc1C(=O)NCc1ccccc1Cl. The smallest absolute Gasteiger partial charge is 0.255 e. The lowest BCUT2D eigenvalue weighted by Crippen LogP contribution is -2.26. The largest absolute Gasteiger partial charge is 0.362 e. The van der Waals surface area contributed by atoms with Crippen molar-refractivity contribution in [2.45, 2.75) is 6.54 Å². The molecule has 0 atom stereocenters. The number of nitrogens with one attached hydrogen (secondary N) is 1. The molecule has 0 unspecified atom stereocenters. The van der Waals surface area contributed by atoms with E-state index in [0.29, 0.717) is 22.9 Å². The topological polar surface area (TPSA) is 45.2 Å². The third-order valence-electron chi connectivity index (χ3n) is 2.85. The summed E-state index contributed by atoms with van der Waals surface area (Å²) in [6.07, 6.45) is 1.67. The number of pyridine rings is 1. The van der Waals surface area contributed by atoms with E-state index in [-0.39, 0.29) is 5.91 Å². The molecule has 0 saturated heterocycles. The summed E-state index contributed by atoms with van der Waals surface area (Å²) in [5.74, 6) is 0.478. The van der Waals surface area contributed by atoms with Crippen LogP contribution >= 0.6 is 11.6 Å². The first-order chi connectivity index (χ1) is 9.59. The number of benzene rings is 1. The highest BCUT2D eigenvalue weighted by atomic mass is 35.5. The van der Waals surface area contributed by atoms with E-state index in [1.807, 2.05) is 37.2 Å². The molecule has 0 saturated carbocycles. The Morgan fingerprint density at radius 2 is 2.00 bits per heavy atom. The minimum absolute atomic E-state index is 0.165. The lowest BCUT2D eigenvalue weighted by atomic mass is 10.2. The van der Waals surface area contributed by atoms with Crippen LogP contribution in [0.4, 0.5) is 5.82 Å². The first-order valence-electron chi connectivity index (χ1n) is 6.23. The second-order valence-corrected chi connectivity index (χ2v) is 4.95. The minimum Gasteiger partial charge on any atom is -0.362 e. The van der Waals surface area contributed by atoms with Crippen LogP contribution in [-0.2, 0) is 6.54 Å². The van der Waals surface area contributed by atoms with E-state index in [1.54, 1.807) is 24.4 Å². The van der Waals surface area contributed by atoms with Gasteiger partial charge in [0.25, 0.3) is 5.91 Å². The molecule has 4 nitrogen and oxygen atoms in total. The van der Waals surface area contributed by atoms with Gasteiger partial charge in [-0.05, 0) is 23.8 Å². The quantitative estimate of drug-likeness (QED) is 0.941. The number of hydrogen-bond donors (Lipinski definition) is 1. The molecule has 0 aliphatic rings. The number of aromatic nitrogens is 1. The Balaban J connectivity index is 2.12. The van der Waals surface area contributed by atoms with Crippen molar-refractivity contribution in [2.24, 2.45) is 0 Å². The van der Waals surface area contributed by atoms with Gasteiger partial charge in [0, 0.05) is 31.9 Å². The van der Waals surface area contributed by atoms with Crippen LogP contribution < -0.4 is 10.2 Å². The first kappa shape index (κ1) is 14.3. The number of anilines is 1. The van der Waals surface area contributed by atoms with Gasteiger partial charge in [-0.1, -0.05) is 29.8 Å². The highest BCUT2D eigenvalue weighted by molar-refractivity contribution is 6.31. The third-order valence-corrected chi connectivity index (χ3v) is 3.22. The Labute approximate surface area is 123 Å². The molecule has 0 spiro atoms. The zero-order chi connectivity index (χ0) is 14.5. The van der Waals surface area contributed by atoms with Gasteiger partial charge in [-0.25, -0.2) is 4.98 Å². The maximum atomic E-state index is 12.2. The first-order valence-corrected chi connectivity index (χ1v) is 6.61. The number of carbonyl (C=O) groups is 1. The van der Waals surface area contributed by atoms with Gasteiger partial charge >= 0.3 is 0 Å². The van der Waals surface area contributed by atoms with Gasteiger partial charge in [0.05, 0.1) is 5.56 Å². The predicted molar refractivity (Wildman–Crippen MR) is 81.2 cm³/mol. The van der Waals surface area contributed by atoms with Gasteiger partial charge in [0.15, 0.2) is 0 Å². The molecule has 0 bridgehead atoms. The van der Waals surface area contributed by atoms with Crippen molar-refractivity contribution < 1.29 is 4.79 Å². The van der Waals surface area contributed by atoms with Gasteiger partial charge in [0.1, 0.15) is 5.82 Å². The number of carbonyl (C=O) groups excluding carboxylic acids is 1. The van der Waals surface area contributed by atoms with Crippen LogP contribution in [0.5, 0.6) is 0 Å². The van der Waals surface area contributed by atoms with E-state index in [9.17, 15) is 4.79 Å². The lowest BCUT2D eigenvalue weighted by molar-refractivity contribution is 0.0951. The zero-order valence-electron chi connectivity index (χ0n) is 11.4. The lowest BCUT2D eigenvalue weighted by Gasteiger charge is -2.15. The summed E-state index contributed by atoms with van der Waals surface area (Å²) in [4.78, 5) is 18.3. The molecule has 0 fully saturated rings. The Kier molecular flexibility index (Phi) is 4.58. The number of rotatable bonds is 4. The normalized spacial score (nSPS) is 10.2. The molecule has 5 heteroatoms. The van der Waals surface area contributed by atoms with Gasteiger partial charge in [-0.15, -0.1) is 0 Å². The van der Waals surface area contributed by atoms with Crippen molar-refractivity contribution >= 4 is 23.3 Å². The molecule has 2 rings (SSSR count). The predicted octanol–water partition coefficient (Wildman–Crippen LogP) is 2.73. The zero-order valence-corrected chi connectivity index (χ0v) is 12.2. The summed E-state index contributed by atoms with van der Waals surface area (Å²) in [5.41, 5.74) is 1.43. The second kappa shape index (κ2) is 6.39. The van der Waals surface area contributed by atoms with E-state index >= 15 is 0 Å². The van der Waals surface area contributed by atoms with Crippen molar-refractivity contribution in [2.75, 3.05) is 19.0 Å².